The van der Waals surface area contributed by atoms with E-state index >= 15 is 0 Å². The standard InChI is InChI=1S/C27H37P.C26H36NP.C26H35O2P.C24H31P/c1-20-18-21(2)27(22(3)19-20)25-16-10-11-17-26(25)28(23-12-6-4-7-13-23)24-14-8-5-9-15-24;1-27(2)25-19-11-9-17-23(25)24-18-10-12-20-26(24)28(21-13-5-3-6-14-21)22-15-7-4-8-16-22;1-27-23-17-11-18-24(28-2)26(23)22-16-9-10-19-25(22)29(20-12-5-3-6-13-20)21-14-7-4-8-15-21;1-4-12-20(13-5-1)23-18-10-11-19-24(23)25(21-14-6-2-7-15-21)22-16-8-3-9-17-22/h10-11,16-19,23-24H,4-9,12-15H2,1-3H3;9-12,17-22H,3-8,13-16H2,1-2H3;9-11,16-21H,3-8,12-15H2,1-2H3;1,4-5,10-13,18-19,21-22H,2-3,6-9,14-17H2. The fraction of sp³-hybridized carbons (Fsp3) is 0.534. The average Bonchev–Trinajstić information content (AvgIpc) is 0.752. The molecule has 0 heterocycles. The third-order valence-corrected chi connectivity index (χ3v) is 41.1. The second-order valence-electron chi connectivity index (χ2n) is 34.6. The van der Waals surface area contributed by atoms with E-state index in [1.165, 1.54) is 313 Å². The largest absolute Gasteiger partial charge is 0.496 e. The second-order valence-corrected chi connectivity index (χ2v) is 45.6. The van der Waals surface area contributed by atoms with Crippen molar-refractivity contribution < 1.29 is 9.47 Å². The Morgan fingerprint density at radius 3 is 0.827 bits per heavy atom. The van der Waals surface area contributed by atoms with Gasteiger partial charge in [-0.3, -0.25) is 0 Å². The van der Waals surface area contributed by atoms with Crippen LogP contribution in [0.3, 0.4) is 0 Å². The second kappa shape index (κ2) is 43.0. The summed E-state index contributed by atoms with van der Waals surface area (Å²) in [6, 6.07) is 68.6. The normalized spacial score (nSPS) is 19.3. The molecule has 8 aromatic carbocycles. The molecule has 0 unspecified atom stereocenters. The van der Waals surface area contributed by atoms with E-state index in [9.17, 15) is 0 Å². The van der Waals surface area contributed by atoms with Crippen molar-refractivity contribution in [1.82, 2.24) is 0 Å². The van der Waals surface area contributed by atoms with Crippen molar-refractivity contribution in [2.45, 2.75) is 323 Å². The van der Waals surface area contributed by atoms with Gasteiger partial charge in [-0.2, -0.15) is 0 Å². The number of hydrogen-bond donors (Lipinski definition) is 0. The summed E-state index contributed by atoms with van der Waals surface area (Å²) >= 11 is 0. The van der Waals surface area contributed by atoms with Crippen LogP contribution in [0.2, 0.25) is 0 Å². The van der Waals surface area contributed by atoms with E-state index in [1.54, 1.807) is 41.0 Å². The Morgan fingerprint density at radius 2 is 0.509 bits per heavy atom. The third-order valence-electron chi connectivity index (χ3n) is 26.9. The highest BCUT2D eigenvalue weighted by Gasteiger charge is 2.39. The minimum Gasteiger partial charge on any atom is -0.496 e. The summed E-state index contributed by atoms with van der Waals surface area (Å²) in [5.41, 5.74) is 24.5. The van der Waals surface area contributed by atoms with Gasteiger partial charge in [0.15, 0.2) is 0 Å². The molecule has 0 aromatic heterocycles. The van der Waals surface area contributed by atoms with Gasteiger partial charge in [-0.1, -0.05) is 355 Å². The Labute approximate surface area is 674 Å². The number of ether oxygens (including phenoxy) is 2. The molecule has 0 bridgehead atoms. The van der Waals surface area contributed by atoms with Crippen molar-refractivity contribution in [1.29, 1.82) is 0 Å². The van der Waals surface area contributed by atoms with E-state index in [1.807, 2.05) is 6.07 Å². The highest BCUT2D eigenvalue weighted by molar-refractivity contribution is 7.68. The molecule has 8 fully saturated rings. The summed E-state index contributed by atoms with van der Waals surface area (Å²) < 4.78 is 11.6. The highest BCUT2D eigenvalue weighted by atomic mass is 31.1. The lowest BCUT2D eigenvalue weighted by Crippen LogP contribution is -2.27. The van der Waals surface area contributed by atoms with Gasteiger partial charge in [0, 0.05) is 25.3 Å². The summed E-state index contributed by atoms with van der Waals surface area (Å²) in [6.45, 7) is 6.86. The first-order valence-electron chi connectivity index (χ1n) is 44.8. The molecule has 8 aromatic rings. The zero-order valence-corrected chi connectivity index (χ0v) is 72.9. The number of hydrogen-bond acceptors (Lipinski definition) is 3. The Balaban J connectivity index is 0.000000129. The van der Waals surface area contributed by atoms with Crippen LogP contribution >= 0.6 is 31.7 Å². The van der Waals surface area contributed by atoms with Crippen molar-refractivity contribution in [3.8, 4) is 56.0 Å². The zero-order chi connectivity index (χ0) is 75.8. The molecule has 16 rings (SSSR count). The molecule has 3 nitrogen and oxygen atoms in total. The van der Waals surface area contributed by atoms with Crippen LogP contribution < -0.4 is 35.6 Å². The summed E-state index contributed by atoms with van der Waals surface area (Å²) in [4.78, 5) is 2.27. The molecule has 0 saturated heterocycles. The van der Waals surface area contributed by atoms with Crippen LogP contribution in [0.1, 0.15) is 274 Å². The van der Waals surface area contributed by atoms with Crippen LogP contribution in [0, 0.1) is 20.8 Å². The topological polar surface area (TPSA) is 21.7 Å². The van der Waals surface area contributed by atoms with Gasteiger partial charge < -0.3 is 14.4 Å². The fourth-order valence-electron chi connectivity index (χ4n) is 21.8. The van der Waals surface area contributed by atoms with E-state index < -0.39 is 0 Å². The third kappa shape index (κ3) is 21.3. The van der Waals surface area contributed by atoms with E-state index in [-0.39, 0.29) is 31.7 Å². The predicted octanol–water partition coefficient (Wildman–Crippen LogP) is 29.5. The molecule has 8 aliphatic rings. The van der Waals surface area contributed by atoms with Crippen molar-refractivity contribution in [2.75, 3.05) is 33.2 Å². The number of methoxy groups -OCH3 is 2. The monoisotopic (exact) mass is 1550 g/mol. The Kier molecular flexibility index (Phi) is 32.4. The number of benzene rings is 8. The zero-order valence-electron chi connectivity index (χ0n) is 69.3. The van der Waals surface area contributed by atoms with Gasteiger partial charge in [0.2, 0.25) is 0 Å². The minimum absolute atomic E-state index is 0.0365. The smallest absolute Gasteiger partial charge is 0.130 e. The lowest BCUT2D eigenvalue weighted by atomic mass is 9.94. The summed E-state index contributed by atoms with van der Waals surface area (Å²) in [5.74, 6) is 1.83. The van der Waals surface area contributed by atoms with Gasteiger partial charge in [-0.05, 0) is 253 Å². The van der Waals surface area contributed by atoms with Crippen LogP contribution in [0.5, 0.6) is 11.5 Å². The molecule has 7 heteroatoms. The first-order chi connectivity index (χ1) is 54.2. The molecular weight excluding hydrogens is 1410 g/mol. The maximum absolute atomic E-state index is 5.80. The van der Waals surface area contributed by atoms with Crippen molar-refractivity contribution in [3.05, 3.63) is 199 Å². The minimum atomic E-state index is -0.182. The molecular formula is C103H139NO2P4. The summed E-state index contributed by atoms with van der Waals surface area (Å²) in [6.07, 6.45) is 58.1. The molecule has 8 aliphatic carbocycles. The van der Waals surface area contributed by atoms with Gasteiger partial charge in [0.25, 0.3) is 0 Å². The fourth-order valence-corrected chi connectivity index (χ4v) is 37.6. The van der Waals surface area contributed by atoms with Gasteiger partial charge in [-0.15, -0.1) is 0 Å². The average molecular weight is 1550 g/mol. The van der Waals surface area contributed by atoms with E-state index in [2.05, 4.69) is 216 Å². The molecule has 0 N–H and O–H groups in total. The number of anilines is 1. The van der Waals surface area contributed by atoms with Crippen LogP contribution in [0.4, 0.5) is 5.69 Å². The number of para-hydroxylation sites is 1. The van der Waals surface area contributed by atoms with Crippen molar-refractivity contribution in [2.24, 2.45) is 0 Å². The maximum Gasteiger partial charge on any atom is 0.130 e. The Bertz CT molecular complexity index is 3920. The van der Waals surface area contributed by atoms with Crippen molar-refractivity contribution >= 4 is 58.6 Å². The SMILES string of the molecule is CN(C)c1ccccc1-c1ccccc1P(C1CCCCC1)C1CCCCC1.COc1cccc(OC)c1-c1ccccc1P(C1CCCCC1)C1CCCCC1.Cc1cc(C)c(-c2ccccc2P(C2CCCCC2)C2CCCCC2)c(C)c1.c1ccc(-c2ccccc2P(C2CCCCC2)C2CCCCC2)cc1. The van der Waals surface area contributed by atoms with Crippen LogP contribution in [-0.2, 0) is 0 Å². The first kappa shape index (κ1) is 82.8. The van der Waals surface area contributed by atoms with Gasteiger partial charge in [0.05, 0.1) is 19.8 Å². The highest BCUT2D eigenvalue weighted by Crippen LogP contribution is 2.61. The Morgan fingerprint density at radius 1 is 0.255 bits per heavy atom. The van der Waals surface area contributed by atoms with E-state index in [4.69, 9.17) is 9.47 Å². The van der Waals surface area contributed by atoms with Gasteiger partial charge in [0.1, 0.15) is 11.5 Å². The number of rotatable bonds is 19. The molecule has 110 heavy (non-hydrogen) atoms. The summed E-state index contributed by atoms with van der Waals surface area (Å²) in [7, 11) is 7.51. The van der Waals surface area contributed by atoms with Crippen molar-refractivity contribution in [3.63, 3.8) is 0 Å². The van der Waals surface area contributed by atoms with Crippen LogP contribution in [0.15, 0.2) is 182 Å². The van der Waals surface area contributed by atoms with Crippen LogP contribution in [-0.4, -0.2) is 73.6 Å². The van der Waals surface area contributed by atoms with Gasteiger partial charge >= 0.3 is 0 Å². The predicted molar refractivity (Wildman–Crippen MR) is 490 cm³/mol. The maximum atomic E-state index is 5.80. The van der Waals surface area contributed by atoms with E-state index in [0.717, 1.165) is 62.3 Å². The van der Waals surface area contributed by atoms with Gasteiger partial charge in [-0.25, -0.2) is 0 Å². The van der Waals surface area contributed by atoms with E-state index in [0.29, 0.717) is 0 Å². The lowest BCUT2D eigenvalue weighted by Gasteiger charge is -2.40. The number of nitrogens with zero attached hydrogens (tertiary/aromatic N) is 1. The Hall–Kier alpha value is -5.12. The quantitative estimate of drug-likeness (QED) is 0.0753. The van der Waals surface area contributed by atoms with Crippen LogP contribution in [0.25, 0.3) is 44.5 Å². The molecule has 0 spiro atoms. The molecule has 0 amide bonds. The molecule has 0 aliphatic heterocycles. The molecule has 0 radical (unpaired) electrons. The molecule has 588 valence electrons. The molecule has 0 atom stereocenters. The lowest BCUT2D eigenvalue weighted by molar-refractivity contribution is 0.397. The number of aryl methyl sites for hydroxylation is 3. The molecule has 8 saturated carbocycles. The first-order valence-corrected chi connectivity index (χ1v) is 50.7. The summed E-state index contributed by atoms with van der Waals surface area (Å²) in [5, 5.41) is 6.73.